The molecule has 3 heteroatoms. The van der Waals surface area contributed by atoms with Gasteiger partial charge in [0.05, 0.1) is 12.7 Å². The second-order valence-electron chi connectivity index (χ2n) is 7.17. The van der Waals surface area contributed by atoms with Gasteiger partial charge in [-0.05, 0) is 62.9 Å². The fourth-order valence-electron chi connectivity index (χ4n) is 4.56. The van der Waals surface area contributed by atoms with Gasteiger partial charge in [-0.15, -0.1) is 0 Å². The molecule has 116 valence electrons. The molecule has 2 aliphatic rings. The number of benzene rings is 1. The van der Waals surface area contributed by atoms with Crippen LogP contribution in [0.25, 0.3) is 0 Å². The number of hydrogen-bond acceptors (Lipinski definition) is 3. The van der Waals surface area contributed by atoms with Crippen molar-refractivity contribution in [2.24, 2.45) is 17.8 Å². The molecule has 1 aromatic rings. The van der Waals surface area contributed by atoms with Crippen LogP contribution in [0, 0.1) is 17.8 Å². The molecule has 2 aliphatic carbocycles. The van der Waals surface area contributed by atoms with Crippen molar-refractivity contribution in [3.8, 4) is 5.75 Å². The second kappa shape index (κ2) is 5.62. The number of rotatable bonds is 4. The predicted octanol–water partition coefficient (Wildman–Crippen LogP) is 2.88. The molecule has 0 unspecified atom stereocenters. The lowest BCUT2D eigenvalue weighted by molar-refractivity contribution is -0.0892. The summed E-state index contributed by atoms with van der Waals surface area (Å²) in [5, 5.41) is 11.6. The number of nitrogens with zero attached hydrogens (tertiary/aromatic N) is 1. The SMILES string of the molecule is COc1cccc([C@@]2(O)C[C@@H]3CC[C@H](C3)[C@@H]2CN(C)C)c1. The Kier molecular flexibility index (Phi) is 3.98. The average molecular weight is 289 g/mol. The first kappa shape index (κ1) is 14.9. The smallest absolute Gasteiger partial charge is 0.119 e. The first-order valence-corrected chi connectivity index (χ1v) is 8.04. The molecule has 21 heavy (non-hydrogen) atoms. The summed E-state index contributed by atoms with van der Waals surface area (Å²) in [6.07, 6.45) is 4.75. The van der Waals surface area contributed by atoms with E-state index in [1.807, 2.05) is 18.2 Å². The Hall–Kier alpha value is -1.06. The normalized spacial score (nSPS) is 35.2. The molecule has 0 aliphatic heterocycles. The van der Waals surface area contributed by atoms with Crippen molar-refractivity contribution in [1.29, 1.82) is 0 Å². The van der Waals surface area contributed by atoms with Crippen LogP contribution in [0.15, 0.2) is 24.3 Å². The van der Waals surface area contributed by atoms with E-state index in [0.717, 1.165) is 24.3 Å². The van der Waals surface area contributed by atoms with Gasteiger partial charge < -0.3 is 14.7 Å². The van der Waals surface area contributed by atoms with E-state index in [2.05, 4.69) is 25.1 Å². The van der Waals surface area contributed by atoms with Crippen molar-refractivity contribution in [3.63, 3.8) is 0 Å². The zero-order valence-corrected chi connectivity index (χ0v) is 13.4. The molecular formula is C18H27NO2. The van der Waals surface area contributed by atoms with Crippen molar-refractivity contribution >= 4 is 0 Å². The van der Waals surface area contributed by atoms with Gasteiger partial charge in [-0.3, -0.25) is 0 Å². The maximum atomic E-state index is 11.6. The summed E-state index contributed by atoms with van der Waals surface area (Å²) >= 11 is 0. The van der Waals surface area contributed by atoms with E-state index in [-0.39, 0.29) is 0 Å². The van der Waals surface area contributed by atoms with Crippen LogP contribution in [-0.2, 0) is 5.60 Å². The van der Waals surface area contributed by atoms with Crippen molar-refractivity contribution in [2.45, 2.75) is 31.3 Å². The zero-order chi connectivity index (χ0) is 15.0. The summed E-state index contributed by atoms with van der Waals surface area (Å²) in [7, 11) is 5.89. The second-order valence-corrected chi connectivity index (χ2v) is 7.17. The Labute approximate surface area is 127 Å². The molecule has 2 saturated carbocycles. The van der Waals surface area contributed by atoms with Crippen molar-refractivity contribution in [2.75, 3.05) is 27.7 Å². The van der Waals surface area contributed by atoms with Crippen molar-refractivity contribution in [3.05, 3.63) is 29.8 Å². The fraction of sp³-hybridized carbons (Fsp3) is 0.667. The Morgan fingerprint density at radius 3 is 2.86 bits per heavy atom. The number of aliphatic hydroxyl groups is 1. The highest BCUT2D eigenvalue weighted by atomic mass is 16.5. The molecule has 1 aromatic carbocycles. The Bertz CT molecular complexity index is 502. The van der Waals surface area contributed by atoms with E-state index >= 15 is 0 Å². The van der Waals surface area contributed by atoms with Crippen LogP contribution < -0.4 is 4.74 Å². The third kappa shape index (κ3) is 2.69. The van der Waals surface area contributed by atoms with Gasteiger partial charge in [-0.25, -0.2) is 0 Å². The third-order valence-electron chi connectivity index (χ3n) is 5.50. The van der Waals surface area contributed by atoms with E-state index in [9.17, 15) is 5.11 Å². The highest BCUT2D eigenvalue weighted by molar-refractivity contribution is 5.34. The van der Waals surface area contributed by atoms with Crippen LogP contribution in [0.4, 0.5) is 0 Å². The summed E-state index contributed by atoms with van der Waals surface area (Å²) in [5.74, 6) is 2.49. The minimum absolute atomic E-state index is 0.318. The number of methoxy groups -OCH3 is 1. The Morgan fingerprint density at radius 2 is 2.14 bits per heavy atom. The van der Waals surface area contributed by atoms with E-state index in [1.165, 1.54) is 19.3 Å². The topological polar surface area (TPSA) is 32.7 Å². The van der Waals surface area contributed by atoms with E-state index in [4.69, 9.17) is 4.74 Å². The van der Waals surface area contributed by atoms with Gasteiger partial charge in [0, 0.05) is 12.5 Å². The molecular weight excluding hydrogens is 262 g/mol. The first-order valence-electron chi connectivity index (χ1n) is 8.04. The molecule has 0 saturated heterocycles. The van der Waals surface area contributed by atoms with Gasteiger partial charge >= 0.3 is 0 Å². The van der Waals surface area contributed by atoms with Crippen LogP contribution >= 0.6 is 0 Å². The minimum Gasteiger partial charge on any atom is -0.497 e. The van der Waals surface area contributed by atoms with Gasteiger partial charge in [0.15, 0.2) is 0 Å². The lowest BCUT2D eigenvalue weighted by Gasteiger charge is -2.45. The zero-order valence-electron chi connectivity index (χ0n) is 13.4. The van der Waals surface area contributed by atoms with Gasteiger partial charge in [-0.2, -0.15) is 0 Å². The summed E-state index contributed by atoms with van der Waals surface area (Å²) in [6, 6.07) is 8.03. The molecule has 3 rings (SSSR count). The molecule has 0 amide bonds. The molecule has 0 radical (unpaired) electrons. The maximum Gasteiger partial charge on any atom is 0.119 e. The fourth-order valence-corrected chi connectivity index (χ4v) is 4.56. The summed E-state index contributed by atoms with van der Waals surface area (Å²) in [6.45, 7) is 0.950. The molecule has 0 aromatic heterocycles. The van der Waals surface area contributed by atoms with Gasteiger partial charge in [0.1, 0.15) is 5.75 Å². The van der Waals surface area contributed by atoms with E-state index in [1.54, 1.807) is 7.11 Å². The summed E-state index contributed by atoms with van der Waals surface area (Å²) < 4.78 is 5.35. The molecule has 2 fully saturated rings. The molecule has 0 spiro atoms. The van der Waals surface area contributed by atoms with Gasteiger partial charge in [0.2, 0.25) is 0 Å². The maximum absolute atomic E-state index is 11.6. The third-order valence-corrected chi connectivity index (χ3v) is 5.50. The number of hydrogen-bond donors (Lipinski definition) is 1. The highest BCUT2D eigenvalue weighted by Gasteiger charge is 2.51. The average Bonchev–Trinajstić information content (AvgIpc) is 2.87. The minimum atomic E-state index is -0.705. The number of fused-ring (bicyclic) bond motifs is 2. The first-order chi connectivity index (χ1) is 10.0. The highest BCUT2D eigenvalue weighted by Crippen LogP contribution is 2.54. The quantitative estimate of drug-likeness (QED) is 0.925. The molecule has 3 nitrogen and oxygen atoms in total. The van der Waals surface area contributed by atoms with Crippen molar-refractivity contribution in [1.82, 2.24) is 4.90 Å². The largest absolute Gasteiger partial charge is 0.497 e. The van der Waals surface area contributed by atoms with Crippen LogP contribution in [-0.4, -0.2) is 37.8 Å². The monoisotopic (exact) mass is 289 g/mol. The standard InChI is InChI=1S/C18H27NO2/c1-19(2)12-17-14-8-7-13(9-14)11-18(17,20)15-5-4-6-16(10-15)21-3/h4-6,10,13-14,17,20H,7-9,11-12H2,1-3H3/t13-,14-,17+,18+/m1/s1. The van der Waals surface area contributed by atoms with Gasteiger partial charge in [0.25, 0.3) is 0 Å². The lowest BCUT2D eigenvalue weighted by atomic mass is 9.66. The Morgan fingerprint density at radius 1 is 1.33 bits per heavy atom. The lowest BCUT2D eigenvalue weighted by Crippen LogP contribution is -2.47. The summed E-state index contributed by atoms with van der Waals surface area (Å²) in [4.78, 5) is 2.22. The molecule has 1 N–H and O–H groups in total. The van der Waals surface area contributed by atoms with Crippen LogP contribution in [0.3, 0.4) is 0 Å². The number of ether oxygens (including phenoxy) is 1. The van der Waals surface area contributed by atoms with Gasteiger partial charge in [-0.1, -0.05) is 18.6 Å². The molecule has 0 heterocycles. The van der Waals surface area contributed by atoms with Crippen LogP contribution in [0.2, 0.25) is 0 Å². The van der Waals surface area contributed by atoms with Crippen molar-refractivity contribution < 1.29 is 9.84 Å². The molecule has 4 atom stereocenters. The van der Waals surface area contributed by atoms with E-state index in [0.29, 0.717) is 17.8 Å². The van der Waals surface area contributed by atoms with Crippen LogP contribution in [0.1, 0.15) is 31.2 Å². The predicted molar refractivity (Wildman–Crippen MR) is 84.4 cm³/mol. The van der Waals surface area contributed by atoms with E-state index < -0.39 is 5.60 Å². The Balaban J connectivity index is 1.98. The molecule has 2 bridgehead atoms. The summed E-state index contributed by atoms with van der Waals surface area (Å²) in [5.41, 5.74) is 0.327. The van der Waals surface area contributed by atoms with Crippen LogP contribution in [0.5, 0.6) is 5.75 Å².